The lowest BCUT2D eigenvalue weighted by molar-refractivity contribution is -0.139. The van der Waals surface area contributed by atoms with Crippen molar-refractivity contribution in [3.05, 3.63) is 87.1 Å². The molecule has 7 nitrogen and oxygen atoms in total. The number of phenolic OH excluding ortho intramolecular Hbond substituents is 1. The lowest BCUT2D eigenvalue weighted by Crippen LogP contribution is -2.39. The third-order valence-electron chi connectivity index (χ3n) is 5.35. The molecule has 1 aromatic heterocycles. The highest BCUT2D eigenvalue weighted by Gasteiger charge is 2.33. The zero-order chi connectivity index (χ0) is 25.3. The maximum Gasteiger partial charge on any atom is 0.338 e. The van der Waals surface area contributed by atoms with Crippen LogP contribution in [0.15, 0.2) is 57.5 Å². The Balaban J connectivity index is 1.93. The molecule has 3 aromatic rings. The number of carbonyl (C=O) groups is 1. The number of fused-ring (bicyclic) bond motifs is 1. The largest absolute Gasteiger partial charge is 0.504 e. The summed E-state index contributed by atoms with van der Waals surface area (Å²) in [4.78, 5) is 31.6. The highest BCUT2D eigenvalue weighted by atomic mass is 127. The fraction of sp³-hybridized carbons (Fsp3) is 0.240. The molecule has 0 fully saturated rings. The second-order valence-corrected chi connectivity index (χ2v) is 10.2. The molecule has 1 aliphatic rings. The van der Waals surface area contributed by atoms with Crippen LogP contribution in [0.2, 0.25) is 5.02 Å². The van der Waals surface area contributed by atoms with Crippen molar-refractivity contribution in [1.29, 1.82) is 0 Å². The highest BCUT2D eigenvalue weighted by molar-refractivity contribution is 14.1. The van der Waals surface area contributed by atoms with Crippen molar-refractivity contribution >= 4 is 57.6 Å². The maximum atomic E-state index is 13.7. The number of halogens is 2. The van der Waals surface area contributed by atoms with Crippen LogP contribution in [0.1, 0.15) is 37.9 Å². The summed E-state index contributed by atoms with van der Waals surface area (Å²) in [6.07, 6.45) is 1.73. The van der Waals surface area contributed by atoms with Crippen molar-refractivity contribution in [2.24, 2.45) is 4.99 Å². The lowest BCUT2D eigenvalue weighted by atomic mass is 9.96. The normalized spacial score (nSPS) is 15.6. The van der Waals surface area contributed by atoms with Gasteiger partial charge in [0.25, 0.3) is 5.56 Å². The minimum atomic E-state index is -0.705. The van der Waals surface area contributed by atoms with E-state index in [9.17, 15) is 14.7 Å². The summed E-state index contributed by atoms with van der Waals surface area (Å²) < 4.78 is 13.4. The number of benzene rings is 2. The number of phenols is 1. The van der Waals surface area contributed by atoms with Gasteiger partial charge in [0.15, 0.2) is 16.3 Å². The van der Waals surface area contributed by atoms with Gasteiger partial charge in [-0.2, -0.15) is 0 Å². The van der Waals surface area contributed by atoms with Crippen molar-refractivity contribution in [2.45, 2.75) is 26.8 Å². The third kappa shape index (κ3) is 5.03. The average Bonchev–Trinajstić information content (AvgIpc) is 3.11. The predicted octanol–water partition coefficient (Wildman–Crippen LogP) is 4.16. The third-order valence-corrected chi connectivity index (χ3v) is 7.41. The summed E-state index contributed by atoms with van der Waals surface area (Å²) in [6, 6.07) is 9.77. The first-order valence-electron chi connectivity index (χ1n) is 10.9. The lowest BCUT2D eigenvalue weighted by Gasteiger charge is -2.24. The molecule has 1 N–H and O–H groups in total. The molecule has 1 atom stereocenters. The fourth-order valence-electron chi connectivity index (χ4n) is 3.85. The van der Waals surface area contributed by atoms with Gasteiger partial charge in [-0.25, -0.2) is 9.79 Å². The summed E-state index contributed by atoms with van der Waals surface area (Å²) in [5, 5.41) is 10.8. The zero-order valence-electron chi connectivity index (χ0n) is 19.2. The molecule has 4 rings (SSSR count). The summed E-state index contributed by atoms with van der Waals surface area (Å²) in [6.45, 7) is 5.90. The molecule has 2 heterocycles. The van der Waals surface area contributed by atoms with E-state index in [0.29, 0.717) is 47.1 Å². The molecule has 35 heavy (non-hydrogen) atoms. The second kappa shape index (κ2) is 10.5. The molecule has 182 valence electrons. The number of esters is 1. The quantitative estimate of drug-likeness (QED) is 0.329. The summed E-state index contributed by atoms with van der Waals surface area (Å²) in [5.74, 6) is -0.112. The van der Waals surface area contributed by atoms with Gasteiger partial charge in [0, 0.05) is 5.02 Å². The van der Waals surface area contributed by atoms with Gasteiger partial charge >= 0.3 is 5.97 Å². The molecule has 0 unspecified atom stereocenters. The second-order valence-electron chi connectivity index (χ2n) is 7.64. The van der Waals surface area contributed by atoms with E-state index >= 15 is 0 Å². The van der Waals surface area contributed by atoms with E-state index < -0.39 is 12.0 Å². The molecule has 0 aliphatic carbocycles. The number of nitrogens with zero attached hydrogens (tertiary/aromatic N) is 2. The van der Waals surface area contributed by atoms with Gasteiger partial charge in [-0.15, -0.1) is 0 Å². The predicted molar refractivity (Wildman–Crippen MR) is 144 cm³/mol. The Morgan fingerprint density at radius 3 is 2.63 bits per heavy atom. The van der Waals surface area contributed by atoms with Crippen LogP contribution in [0.3, 0.4) is 0 Å². The smallest absolute Gasteiger partial charge is 0.338 e. The zero-order valence-corrected chi connectivity index (χ0v) is 22.9. The maximum absolute atomic E-state index is 13.7. The topological polar surface area (TPSA) is 90.1 Å². The van der Waals surface area contributed by atoms with Gasteiger partial charge < -0.3 is 14.6 Å². The molecule has 0 saturated heterocycles. The van der Waals surface area contributed by atoms with Crippen LogP contribution < -0.4 is 19.6 Å². The SMILES string of the molecule is CCOC(=O)C1=C(C)N=c2s/c(=C\c3cc(I)c(O)c(OCC)c3)c(=O)n2[C@H]1c1ccc(Cl)cc1. The summed E-state index contributed by atoms with van der Waals surface area (Å²) >= 11 is 9.34. The van der Waals surface area contributed by atoms with Crippen molar-refractivity contribution in [3.8, 4) is 11.5 Å². The number of ether oxygens (including phenoxy) is 2. The molecule has 1 aliphatic heterocycles. The molecular weight excluding hydrogens is 603 g/mol. The number of carbonyl (C=O) groups excluding carboxylic acids is 1. The van der Waals surface area contributed by atoms with Crippen molar-refractivity contribution in [1.82, 2.24) is 4.57 Å². The van der Waals surface area contributed by atoms with Crippen molar-refractivity contribution in [3.63, 3.8) is 0 Å². The molecular formula is C25H22ClIN2O5S. The Morgan fingerprint density at radius 1 is 1.26 bits per heavy atom. The molecule has 2 aromatic carbocycles. The van der Waals surface area contributed by atoms with Gasteiger partial charge in [-0.05, 0) is 84.8 Å². The first kappa shape index (κ1) is 25.5. The van der Waals surface area contributed by atoms with E-state index in [0.717, 1.165) is 5.56 Å². The molecule has 10 heteroatoms. The number of aromatic hydroxyl groups is 1. The van der Waals surface area contributed by atoms with Crippen LogP contribution in [-0.2, 0) is 9.53 Å². The molecule has 0 radical (unpaired) electrons. The van der Waals surface area contributed by atoms with E-state index in [1.807, 2.05) is 29.5 Å². The van der Waals surface area contributed by atoms with E-state index in [1.165, 1.54) is 15.9 Å². The van der Waals surface area contributed by atoms with E-state index in [4.69, 9.17) is 21.1 Å². The Hall–Kier alpha value is -2.63. The molecule has 0 saturated carbocycles. The van der Waals surface area contributed by atoms with E-state index in [2.05, 4.69) is 4.99 Å². The minimum Gasteiger partial charge on any atom is -0.504 e. The van der Waals surface area contributed by atoms with Gasteiger partial charge in [0.2, 0.25) is 0 Å². The first-order chi connectivity index (χ1) is 16.7. The van der Waals surface area contributed by atoms with Crippen LogP contribution in [0.4, 0.5) is 0 Å². The number of hydrogen-bond donors (Lipinski definition) is 1. The molecule has 0 spiro atoms. The van der Waals surface area contributed by atoms with Gasteiger partial charge in [0.1, 0.15) is 0 Å². The highest BCUT2D eigenvalue weighted by Crippen LogP contribution is 2.33. The number of rotatable bonds is 6. The number of aromatic nitrogens is 1. The van der Waals surface area contributed by atoms with E-state index in [-0.39, 0.29) is 17.9 Å². The summed E-state index contributed by atoms with van der Waals surface area (Å²) in [7, 11) is 0. The Bertz CT molecular complexity index is 1510. The monoisotopic (exact) mass is 624 g/mol. The Morgan fingerprint density at radius 2 is 1.97 bits per heavy atom. The average molecular weight is 625 g/mol. The van der Waals surface area contributed by atoms with Crippen LogP contribution >= 0.6 is 45.5 Å². The van der Waals surface area contributed by atoms with Crippen LogP contribution in [0.25, 0.3) is 6.08 Å². The minimum absolute atomic E-state index is 0.0588. The van der Waals surface area contributed by atoms with Crippen molar-refractivity contribution in [2.75, 3.05) is 13.2 Å². The van der Waals surface area contributed by atoms with Gasteiger partial charge in [-0.3, -0.25) is 9.36 Å². The van der Waals surface area contributed by atoms with Crippen LogP contribution in [0, 0.1) is 3.57 Å². The van der Waals surface area contributed by atoms with E-state index in [1.54, 1.807) is 56.3 Å². The van der Waals surface area contributed by atoms with Crippen LogP contribution in [0.5, 0.6) is 11.5 Å². The Kier molecular flexibility index (Phi) is 7.67. The van der Waals surface area contributed by atoms with Crippen LogP contribution in [-0.4, -0.2) is 28.9 Å². The number of hydrogen-bond acceptors (Lipinski definition) is 7. The van der Waals surface area contributed by atoms with Crippen molar-refractivity contribution < 1.29 is 19.4 Å². The number of thiazole rings is 1. The fourth-order valence-corrected chi connectivity index (χ4v) is 5.64. The van der Waals surface area contributed by atoms with Gasteiger partial charge in [0.05, 0.1) is 38.6 Å². The molecule has 0 amide bonds. The number of allylic oxidation sites excluding steroid dienone is 1. The Labute approximate surface area is 224 Å². The molecule has 0 bridgehead atoms. The summed E-state index contributed by atoms with van der Waals surface area (Å²) in [5.41, 5.74) is 1.94. The standard InChI is InChI=1S/C25H22ClIN2O5S/c1-4-33-18-11-14(10-17(27)22(18)30)12-19-23(31)29-21(15-6-8-16(26)9-7-15)20(24(32)34-5-2)13(3)28-25(29)35-19/h6-12,21,30H,4-5H2,1-3H3/b19-12-/t21-/m0/s1. The first-order valence-corrected chi connectivity index (χ1v) is 13.1. The van der Waals surface area contributed by atoms with Gasteiger partial charge in [-0.1, -0.05) is 35.1 Å².